The van der Waals surface area contributed by atoms with E-state index in [4.69, 9.17) is 32.7 Å². The Labute approximate surface area is 163 Å². The van der Waals surface area contributed by atoms with Gasteiger partial charge in [-0.1, -0.05) is 29.3 Å². The lowest BCUT2D eigenvalue weighted by atomic mass is 9.89. The van der Waals surface area contributed by atoms with E-state index in [9.17, 15) is 9.59 Å². The highest BCUT2D eigenvalue weighted by molar-refractivity contribution is 6.35. The third-order valence-corrected chi connectivity index (χ3v) is 5.59. The summed E-state index contributed by atoms with van der Waals surface area (Å²) in [6.07, 6.45) is 1.49. The zero-order valence-corrected chi connectivity index (χ0v) is 16.3. The standard InChI is InChI=1S/C19H23Cl2NO4/c1-2-22-10-12(8-17(22)23)11-26-19(24)15-4-3-7-25-18(15)14-6-5-13(20)9-16(14)21/h5-6,9,12,15,18H,2-4,7-8,10-11H2,1H3/t12-,15-,18-/m1/s1. The largest absolute Gasteiger partial charge is 0.465 e. The van der Waals surface area contributed by atoms with Crippen LogP contribution in [0.3, 0.4) is 0 Å². The van der Waals surface area contributed by atoms with Gasteiger partial charge < -0.3 is 14.4 Å². The molecule has 0 unspecified atom stereocenters. The zero-order chi connectivity index (χ0) is 18.7. The average Bonchev–Trinajstić information content (AvgIpc) is 2.99. The maximum atomic E-state index is 12.7. The average molecular weight is 400 g/mol. The molecule has 142 valence electrons. The lowest BCUT2D eigenvalue weighted by Gasteiger charge is -2.31. The number of carbonyl (C=O) groups excluding carboxylic acids is 2. The van der Waals surface area contributed by atoms with Crippen molar-refractivity contribution in [2.75, 3.05) is 26.3 Å². The molecule has 2 heterocycles. The molecule has 0 aliphatic carbocycles. The summed E-state index contributed by atoms with van der Waals surface area (Å²) in [5.74, 6) is -0.501. The maximum absolute atomic E-state index is 12.7. The second-order valence-electron chi connectivity index (χ2n) is 6.84. The Hall–Kier alpha value is -1.30. The predicted octanol–water partition coefficient (Wildman–Crippen LogP) is 3.87. The minimum Gasteiger partial charge on any atom is -0.465 e. The molecule has 3 atom stereocenters. The fourth-order valence-corrected chi connectivity index (χ4v) is 4.16. The summed E-state index contributed by atoms with van der Waals surface area (Å²) in [6, 6.07) is 5.20. The first-order valence-electron chi connectivity index (χ1n) is 9.00. The fourth-order valence-electron chi connectivity index (χ4n) is 3.64. The summed E-state index contributed by atoms with van der Waals surface area (Å²) in [4.78, 5) is 26.3. The highest BCUT2D eigenvalue weighted by Crippen LogP contribution is 2.38. The predicted molar refractivity (Wildman–Crippen MR) is 99.2 cm³/mol. The van der Waals surface area contributed by atoms with Crippen LogP contribution in [-0.4, -0.2) is 43.1 Å². The molecule has 3 rings (SSSR count). The molecule has 2 aliphatic heterocycles. The molecule has 2 fully saturated rings. The highest BCUT2D eigenvalue weighted by atomic mass is 35.5. The van der Waals surface area contributed by atoms with Gasteiger partial charge in [-0.2, -0.15) is 0 Å². The van der Waals surface area contributed by atoms with Gasteiger partial charge >= 0.3 is 5.97 Å². The van der Waals surface area contributed by atoms with Crippen molar-refractivity contribution in [1.29, 1.82) is 0 Å². The Morgan fingerprint density at radius 1 is 1.38 bits per heavy atom. The summed E-state index contributed by atoms with van der Waals surface area (Å²) >= 11 is 12.3. The van der Waals surface area contributed by atoms with Gasteiger partial charge in [-0.15, -0.1) is 0 Å². The SMILES string of the molecule is CCN1C[C@H](COC(=O)[C@@H]2CCCO[C@@H]2c2ccc(Cl)cc2Cl)CC1=O. The third kappa shape index (κ3) is 4.33. The zero-order valence-electron chi connectivity index (χ0n) is 14.7. The highest BCUT2D eigenvalue weighted by Gasteiger charge is 2.36. The Balaban J connectivity index is 1.64. The van der Waals surface area contributed by atoms with Crippen molar-refractivity contribution >= 4 is 35.1 Å². The van der Waals surface area contributed by atoms with Crippen LogP contribution in [0.15, 0.2) is 18.2 Å². The van der Waals surface area contributed by atoms with Crippen LogP contribution in [0, 0.1) is 11.8 Å². The minimum absolute atomic E-state index is 0.0634. The van der Waals surface area contributed by atoms with Crippen LogP contribution in [0.1, 0.15) is 37.9 Å². The molecule has 1 amide bonds. The Kier molecular flexibility index (Phi) is 6.43. The van der Waals surface area contributed by atoms with Gasteiger partial charge in [-0.25, -0.2) is 0 Å². The summed E-state index contributed by atoms with van der Waals surface area (Å²) in [5.41, 5.74) is 0.755. The molecule has 5 nitrogen and oxygen atoms in total. The van der Waals surface area contributed by atoms with E-state index in [1.165, 1.54) is 0 Å². The molecule has 0 bridgehead atoms. The first-order chi connectivity index (χ1) is 12.5. The summed E-state index contributed by atoms with van der Waals surface area (Å²) in [5, 5.41) is 1.03. The molecule has 7 heteroatoms. The maximum Gasteiger partial charge on any atom is 0.311 e. The first-order valence-corrected chi connectivity index (χ1v) is 9.76. The Bertz CT molecular complexity index is 682. The number of amides is 1. The molecule has 0 N–H and O–H groups in total. The molecule has 0 spiro atoms. The molecule has 2 aliphatic rings. The number of benzene rings is 1. The van der Waals surface area contributed by atoms with Crippen molar-refractivity contribution < 1.29 is 19.1 Å². The summed E-state index contributed by atoms with van der Waals surface area (Å²) < 4.78 is 11.4. The second kappa shape index (κ2) is 8.59. The van der Waals surface area contributed by atoms with Crippen LogP contribution >= 0.6 is 23.2 Å². The molecular formula is C19H23Cl2NO4. The van der Waals surface area contributed by atoms with Crippen LogP contribution in [0.2, 0.25) is 10.0 Å². The second-order valence-corrected chi connectivity index (χ2v) is 7.68. The number of nitrogens with zero attached hydrogens (tertiary/aromatic N) is 1. The van der Waals surface area contributed by atoms with Gasteiger partial charge in [0, 0.05) is 47.6 Å². The van der Waals surface area contributed by atoms with Crippen LogP contribution in [0.4, 0.5) is 0 Å². The normalized spacial score (nSPS) is 26.2. The molecule has 0 aromatic heterocycles. The smallest absolute Gasteiger partial charge is 0.311 e. The molecule has 26 heavy (non-hydrogen) atoms. The lowest BCUT2D eigenvalue weighted by molar-refractivity contribution is -0.160. The molecule has 1 aromatic rings. The van der Waals surface area contributed by atoms with Gasteiger partial charge in [0.05, 0.1) is 18.6 Å². The Morgan fingerprint density at radius 2 is 2.19 bits per heavy atom. The minimum atomic E-state index is -0.432. The number of halogens is 2. The van der Waals surface area contributed by atoms with Crippen LogP contribution < -0.4 is 0 Å². The number of likely N-dealkylation sites (tertiary alicyclic amines) is 1. The van der Waals surface area contributed by atoms with E-state index in [0.717, 1.165) is 12.0 Å². The van der Waals surface area contributed by atoms with E-state index in [1.54, 1.807) is 23.1 Å². The number of carbonyl (C=O) groups is 2. The number of esters is 1. The first kappa shape index (κ1) is 19.5. The van der Waals surface area contributed by atoms with Gasteiger partial charge in [0.2, 0.25) is 5.91 Å². The molecule has 1 aromatic carbocycles. The van der Waals surface area contributed by atoms with Gasteiger partial charge in [-0.05, 0) is 31.9 Å². The van der Waals surface area contributed by atoms with E-state index >= 15 is 0 Å². The number of hydrogen-bond donors (Lipinski definition) is 0. The van der Waals surface area contributed by atoms with Gasteiger partial charge in [0.25, 0.3) is 0 Å². The van der Waals surface area contributed by atoms with Crippen molar-refractivity contribution in [3.8, 4) is 0 Å². The van der Waals surface area contributed by atoms with E-state index in [-0.39, 0.29) is 24.4 Å². The van der Waals surface area contributed by atoms with Crippen molar-refractivity contribution in [3.05, 3.63) is 33.8 Å². The van der Waals surface area contributed by atoms with Gasteiger partial charge in [0.15, 0.2) is 0 Å². The Morgan fingerprint density at radius 3 is 2.88 bits per heavy atom. The van der Waals surface area contributed by atoms with Crippen molar-refractivity contribution in [2.24, 2.45) is 11.8 Å². The lowest BCUT2D eigenvalue weighted by Crippen LogP contribution is -2.32. The van der Waals surface area contributed by atoms with Crippen molar-refractivity contribution in [3.63, 3.8) is 0 Å². The summed E-state index contributed by atoms with van der Waals surface area (Å²) in [6.45, 7) is 4.13. The fraction of sp³-hybridized carbons (Fsp3) is 0.579. The topological polar surface area (TPSA) is 55.8 Å². The number of rotatable bonds is 5. The number of ether oxygens (including phenoxy) is 2. The molecule has 0 radical (unpaired) electrons. The van der Waals surface area contributed by atoms with E-state index in [0.29, 0.717) is 42.6 Å². The van der Waals surface area contributed by atoms with Gasteiger partial charge in [-0.3, -0.25) is 9.59 Å². The molecule has 0 saturated carbocycles. The van der Waals surface area contributed by atoms with E-state index in [2.05, 4.69) is 0 Å². The van der Waals surface area contributed by atoms with E-state index in [1.807, 2.05) is 6.92 Å². The third-order valence-electron chi connectivity index (χ3n) is 5.03. The van der Waals surface area contributed by atoms with Crippen LogP contribution in [-0.2, 0) is 19.1 Å². The molecular weight excluding hydrogens is 377 g/mol. The summed E-state index contributed by atoms with van der Waals surface area (Å²) in [7, 11) is 0. The van der Waals surface area contributed by atoms with Crippen LogP contribution in [0.25, 0.3) is 0 Å². The number of hydrogen-bond acceptors (Lipinski definition) is 4. The van der Waals surface area contributed by atoms with Crippen molar-refractivity contribution in [2.45, 2.75) is 32.3 Å². The molecule has 2 saturated heterocycles. The van der Waals surface area contributed by atoms with Gasteiger partial charge in [0.1, 0.15) is 0 Å². The monoisotopic (exact) mass is 399 g/mol. The van der Waals surface area contributed by atoms with E-state index < -0.39 is 12.0 Å². The van der Waals surface area contributed by atoms with Crippen LogP contribution in [0.5, 0.6) is 0 Å². The van der Waals surface area contributed by atoms with Crippen molar-refractivity contribution in [1.82, 2.24) is 4.90 Å². The quantitative estimate of drug-likeness (QED) is 0.705.